The SMILES string of the molecule is COCC(C)NC(=NCc1ccc(OC)c(OC)c1)NN. The maximum absolute atomic E-state index is 5.45. The highest BCUT2D eigenvalue weighted by molar-refractivity contribution is 5.79. The minimum atomic E-state index is 0.107. The van der Waals surface area contributed by atoms with E-state index >= 15 is 0 Å². The summed E-state index contributed by atoms with van der Waals surface area (Å²) in [6.45, 7) is 3.01. The van der Waals surface area contributed by atoms with Crippen molar-refractivity contribution in [1.82, 2.24) is 10.7 Å². The van der Waals surface area contributed by atoms with Gasteiger partial charge in [-0.15, -0.1) is 0 Å². The smallest absolute Gasteiger partial charge is 0.206 e. The van der Waals surface area contributed by atoms with Crippen LogP contribution in [0.5, 0.6) is 11.5 Å². The highest BCUT2D eigenvalue weighted by Crippen LogP contribution is 2.27. The Morgan fingerprint density at radius 1 is 1.24 bits per heavy atom. The number of nitrogens with one attached hydrogen (secondary N) is 2. The van der Waals surface area contributed by atoms with Crippen molar-refractivity contribution in [3.05, 3.63) is 23.8 Å². The summed E-state index contributed by atoms with van der Waals surface area (Å²) < 4.78 is 15.5. The van der Waals surface area contributed by atoms with Crippen molar-refractivity contribution in [3.8, 4) is 11.5 Å². The summed E-state index contributed by atoms with van der Waals surface area (Å²) in [5.74, 6) is 7.33. The van der Waals surface area contributed by atoms with E-state index in [1.807, 2.05) is 25.1 Å². The first-order valence-electron chi connectivity index (χ1n) is 6.62. The third kappa shape index (κ3) is 5.49. The van der Waals surface area contributed by atoms with Gasteiger partial charge in [-0.3, -0.25) is 5.43 Å². The molecule has 0 heterocycles. The van der Waals surface area contributed by atoms with Gasteiger partial charge in [-0.25, -0.2) is 10.8 Å². The number of aliphatic imine (C=N–C) groups is 1. The van der Waals surface area contributed by atoms with Gasteiger partial charge in [0, 0.05) is 13.2 Å². The van der Waals surface area contributed by atoms with E-state index in [1.165, 1.54) is 0 Å². The van der Waals surface area contributed by atoms with Gasteiger partial charge in [-0.05, 0) is 24.6 Å². The molecule has 4 N–H and O–H groups in total. The molecular weight excluding hydrogens is 272 g/mol. The topological polar surface area (TPSA) is 90.1 Å². The zero-order chi connectivity index (χ0) is 15.7. The summed E-state index contributed by atoms with van der Waals surface area (Å²) in [5, 5.41) is 3.12. The molecule has 1 aromatic carbocycles. The molecular formula is C14H24N4O3. The first-order chi connectivity index (χ1) is 10.1. The largest absolute Gasteiger partial charge is 0.493 e. The standard InChI is InChI=1S/C14H24N4O3/c1-10(9-19-2)17-14(18-15)16-8-11-5-6-12(20-3)13(7-11)21-4/h5-7,10H,8-9,15H2,1-4H3,(H2,16,17,18). The zero-order valence-corrected chi connectivity index (χ0v) is 13.0. The molecule has 0 spiro atoms. The van der Waals surface area contributed by atoms with Gasteiger partial charge in [-0.1, -0.05) is 6.07 Å². The Hall–Kier alpha value is -1.99. The van der Waals surface area contributed by atoms with Crippen LogP contribution in [-0.2, 0) is 11.3 Å². The molecule has 7 nitrogen and oxygen atoms in total. The number of hydrazine groups is 1. The van der Waals surface area contributed by atoms with Gasteiger partial charge < -0.3 is 19.5 Å². The van der Waals surface area contributed by atoms with Gasteiger partial charge in [0.1, 0.15) is 0 Å². The molecule has 1 rings (SSSR count). The van der Waals surface area contributed by atoms with Crippen LogP contribution in [0.4, 0.5) is 0 Å². The maximum Gasteiger partial charge on any atom is 0.206 e. The highest BCUT2D eigenvalue weighted by atomic mass is 16.5. The van der Waals surface area contributed by atoms with Crippen LogP contribution in [0.2, 0.25) is 0 Å². The molecule has 0 aromatic heterocycles. The summed E-state index contributed by atoms with van der Waals surface area (Å²) >= 11 is 0. The number of benzene rings is 1. The van der Waals surface area contributed by atoms with Gasteiger partial charge in [0.25, 0.3) is 0 Å². The molecule has 0 saturated heterocycles. The van der Waals surface area contributed by atoms with E-state index in [1.54, 1.807) is 21.3 Å². The fraction of sp³-hybridized carbons (Fsp3) is 0.500. The lowest BCUT2D eigenvalue weighted by atomic mass is 10.2. The average Bonchev–Trinajstić information content (AvgIpc) is 2.51. The molecule has 1 atom stereocenters. The Bertz CT molecular complexity index is 466. The van der Waals surface area contributed by atoms with Crippen molar-refractivity contribution >= 4 is 5.96 Å². The van der Waals surface area contributed by atoms with Gasteiger partial charge in [0.2, 0.25) is 5.96 Å². The van der Waals surface area contributed by atoms with E-state index in [4.69, 9.17) is 20.1 Å². The number of rotatable bonds is 7. The first-order valence-corrected chi connectivity index (χ1v) is 6.62. The fourth-order valence-electron chi connectivity index (χ4n) is 1.81. The summed E-state index contributed by atoms with van der Waals surface area (Å²) in [6.07, 6.45) is 0. The quantitative estimate of drug-likeness (QED) is 0.296. The fourth-order valence-corrected chi connectivity index (χ4v) is 1.81. The third-order valence-corrected chi connectivity index (χ3v) is 2.80. The molecule has 0 saturated carbocycles. The van der Waals surface area contributed by atoms with Crippen molar-refractivity contribution in [2.45, 2.75) is 19.5 Å². The second-order valence-corrected chi connectivity index (χ2v) is 4.50. The summed E-state index contributed by atoms with van der Waals surface area (Å²) in [4.78, 5) is 4.38. The number of methoxy groups -OCH3 is 3. The van der Waals surface area contributed by atoms with Crippen LogP contribution in [0.15, 0.2) is 23.2 Å². The van der Waals surface area contributed by atoms with Crippen LogP contribution in [0.1, 0.15) is 12.5 Å². The Morgan fingerprint density at radius 2 is 1.95 bits per heavy atom. The van der Waals surface area contributed by atoms with Crippen molar-refractivity contribution in [3.63, 3.8) is 0 Å². The molecule has 1 unspecified atom stereocenters. The molecule has 0 aliphatic heterocycles. The molecule has 0 fully saturated rings. The Morgan fingerprint density at radius 3 is 2.52 bits per heavy atom. The van der Waals surface area contributed by atoms with Gasteiger partial charge >= 0.3 is 0 Å². The molecule has 0 aliphatic rings. The van der Waals surface area contributed by atoms with E-state index in [2.05, 4.69) is 15.7 Å². The molecule has 21 heavy (non-hydrogen) atoms. The summed E-state index contributed by atoms with van der Waals surface area (Å²) in [5.41, 5.74) is 3.53. The first kappa shape index (κ1) is 17.1. The minimum absolute atomic E-state index is 0.107. The molecule has 0 aliphatic carbocycles. The molecule has 0 amide bonds. The Labute approximate surface area is 125 Å². The zero-order valence-electron chi connectivity index (χ0n) is 13.0. The number of nitrogens with two attached hydrogens (primary N) is 1. The van der Waals surface area contributed by atoms with Crippen LogP contribution in [0, 0.1) is 0 Å². The van der Waals surface area contributed by atoms with Crippen LogP contribution in [-0.4, -0.2) is 39.9 Å². The molecule has 7 heteroatoms. The normalized spacial score (nSPS) is 12.7. The van der Waals surface area contributed by atoms with E-state index in [-0.39, 0.29) is 6.04 Å². The van der Waals surface area contributed by atoms with Crippen LogP contribution in [0.3, 0.4) is 0 Å². The van der Waals surface area contributed by atoms with Gasteiger partial charge in [0.05, 0.1) is 27.4 Å². The number of nitrogens with zero attached hydrogens (tertiary/aromatic N) is 1. The lowest BCUT2D eigenvalue weighted by Crippen LogP contribution is -2.46. The van der Waals surface area contributed by atoms with E-state index in [0.717, 1.165) is 5.56 Å². The van der Waals surface area contributed by atoms with E-state index in [9.17, 15) is 0 Å². The lowest BCUT2D eigenvalue weighted by Gasteiger charge is -2.15. The number of hydrogen-bond acceptors (Lipinski definition) is 5. The monoisotopic (exact) mass is 296 g/mol. The third-order valence-electron chi connectivity index (χ3n) is 2.80. The number of hydrogen-bond donors (Lipinski definition) is 3. The molecule has 1 aromatic rings. The van der Waals surface area contributed by atoms with E-state index in [0.29, 0.717) is 30.6 Å². The van der Waals surface area contributed by atoms with Crippen molar-refractivity contribution < 1.29 is 14.2 Å². The van der Waals surface area contributed by atoms with Crippen molar-refractivity contribution in [2.75, 3.05) is 27.9 Å². The molecule has 0 bridgehead atoms. The maximum atomic E-state index is 5.45. The second kappa shape index (κ2) is 9.04. The van der Waals surface area contributed by atoms with Crippen molar-refractivity contribution in [1.29, 1.82) is 0 Å². The van der Waals surface area contributed by atoms with Crippen LogP contribution < -0.4 is 26.1 Å². The summed E-state index contributed by atoms with van der Waals surface area (Å²) in [6, 6.07) is 5.77. The van der Waals surface area contributed by atoms with Gasteiger partial charge in [-0.2, -0.15) is 0 Å². The number of guanidine groups is 1. The van der Waals surface area contributed by atoms with Gasteiger partial charge in [0.15, 0.2) is 11.5 Å². The minimum Gasteiger partial charge on any atom is -0.493 e. The van der Waals surface area contributed by atoms with E-state index < -0.39 is 0 Å². The Balaban J connectivity index is 2.72. The average molecular weight is 296 g/mol. The molecule has 118 valence electrons. The van der Waals surface area contributed by atoms with Crippen LogP contribution in [0.25, 0.3) is 0 Å². The van der Waals surface area contributed by atoms with Crippen LogP contribution >= 0.6 is 0 Å². The highest BCUT2D eigenvalue weighted by Gasteiger charge is 2.06. The lowest BCUT2D eigenvalue weighted by molar-refractivity contribution is 0.179. The predicted octanol–water partition coefficient (Wildman–Crippen LogP) is 0.648. The number of ether oxygens (including phenoxy) is 3. The predicted molar refractivity (Wildman–Crippen MR) is 82.5 cm³/mol. The van der Waals surface area contributed by atoms with Crippen molar-refractivity contribution in [2.24, 2.45) is 10.8 Å². The Kier molecular flexibility index (Phi) is 7.34. The second-order valence-electron chi connectivity index (χ2n) is 4.50. The summed E-state index contributed by atoms with van der Waals surface area (Å²) in [7, 11) is 4.85. The molecule has 0 radical (unpaired) electrons.